The molecule has 0 saturated carbocycles. The highest BCUT2D eigenvalue weighted by atomic mass is 32.2. The number of amides is 1. The second-order valence-corrected chi connectivity index (χ2v) is 9.45. The standard InChI is InChI=1S/C24H32N2O5S/c1-5-26(6-2)32(29,30)22-17-21(13-9-19(22)4)24(28)31-16-15-25-23(27)14-12-20-10-7-18(3)8-11-20/h7-11,13,17H,5-6,12,14-16H2,1-4H3,(H,25,27). The van der Waals surface area contributed by atoms with Crippen molar-refractivity contribution in [3.8, 4) is 0 Å². The molecule has 0 atom stereocenters. The normalized spacial score (nSPS) is 11.4. The van der Waals surface area contributed by atoms with Gasteiger partial charge < -0.3 is 10.1 Å². The van der Waals surface area contributed by atoms with Crippen LogP contribution in [-0.2, 0) is 26.0 Å². The second kappa shape index (κ2) is 11.8. The minimum atomic E-state index is -3.69. The number of aryl methyl sites for hydroxylation is 3. The first kappa shape index (κ1) is 25.5. The molecule has 0 bridgehead atoms. The molecule has 0 heterocycles. The van der Waals surface area contributed by atoms with Crippen LogP contribution < -0.4 is 5.32 Å². The van der Waals surface area contributed by atoms with E-state index in [4.69, 9.17) is 4.74 Å². The molecule has 0 aromatic heterocycles. The Balaban J connectivity index is 1.86. The lowest BCUT2D eigenvalue weighted by Crippen LogP contribution is -2.31. The second-order valence-electron chi connectivity index (χ2n) is 7.54. The molecule has 0 spiro atoms. The first-order valence-electron chi connectivity index (χ1n) is 10.8. The first-order valence-corrected chi connectivity index (χ1v) is 12.2. The lowest BCUT2D eigenvalue weighted by molar-refractivity contribution is -0.121. The molecule has 7 nitrogen and oxygen atoms in total. The van der Waals surface area contributed by atoms with Crippen molar-refractivity contribution in [2.45, 2.75) is 45.4 Å². The Morgan fingerprint density at radius 3 is 2.28 bits per heavy atom. The summed E-state index contributed by atoms with van der Waals surface area (Å²) in [6.45, 7) is 8.12. The Labute approximate surface area is 190 Å². The molecule has 32 heavy (non-hydrogen) atoms. The van der Waals surface area contributed by atoms with Crippen LogP contribution in [0.5, 0.6) is 0 Å². The van der Waals surface area contributed by atoms with Gasteiger partial charge >= 0.3 is 5.97 Å². The number of sulfonamides is 1. The van der Waals surface area contributed by atoms with E-state index in [2.05, 4.69) is 5.32 Å². The van der Waals surface area contributed by atoms with Gasteiger partial charge in [0.2, 0.25) is 15.9 Å². The van der Waals surface area contributed by atoms with Crippen molar-refractivity contribution in [1.29, 1.82) is 0 Å². The number of nitrogens with zero attached hydrogens (tertiary/aromatic N) is 1. The average molecular weight is 461 g/mol. The van der Waals surface area contributed by atoms with Gasteiger partial charge in [0.1, 0.15) is 6.61 Å². The highest BCUT2D eigenvalue weighted by Gasteiger charge is 2.25. The van der Waals surface area contributed by atoms with Crippen molar-refractivity contribution in [3.05, 3.63) is 64.7 Å². The van der Waals surface area contributed by atoms with Crippen LogP contribution in [0.4, 0.5) is 0 Å². The predicted molar refractivity (Wildman–Crippen MR) is 124 cm³/mol. The molecule has 2 rings (SSSR count). The maximum Gasteiger partial charge on any atom is 0.338 e. The predicted octanol–water partition coefficient (Wildman–Crippen LogP) is 3.24. The number of hydrogen-bond donors (Lipinski definition) is 1. The van der Waals surface area contributed by atoms with Crippen LogP contribution in [0.25, 0.3) is 0 Å². The van der Waals surface area contributed by atoms with E-state index in [0.29, 0.717) is 31.5 Å². The summed E-state index contributed by atoms with van der Waals surface area (Å²) in [5.74, 6) is -0.750. The lowest BCUT2D eigenvalue weighted by atomic mass is 10.1. The third-order valence-electron chi connectivity index (χ3n) is 5.17. The molecule has 0 aliphatic carbocycles. The zero-order valence-corrected chi connectivity index (χ0v) is 20.0. The monoisotopic (exact) mass is 460 g/mol. The van der Waals surface area contributed by atoms with Crippen LogP contribution in [0.3, 0.4) is 0 Å². The lowest BCUT2D eigenvalue weighted by Gasteiger charge is -2.20. The van der Waals surface area contributed by atoms with E-state index in [1.807, 2.05) is 31.2 Å². The van der Waals surface area contributed by atoms with Gasteiger partial charge in [0, 0.05) is 19.5 Å². The largest absolute Gasteiger partial charge is 0.460 e. The highest BCUT2D eigenvalue weighted by Crippen LogP contribution is 2.21. The summed E-state index contributed by atoms with van der Waals surface area (Å²) in [6, 6.07) is 12.5. The maximum absolute atomic E-state index is 12.8. The minimum Gasteiger partial charge on any atom is -0.460 e. The van der Waals surface area contributed by atoms with Gasteiger partial charge in [-0.25, -0.2) is 13.2 Å². The van der Waals surface area contributed by atoms with Crippen molar-refractivity contribution in [3.63, 3.8) is 0 Å². The Kier molecular flexibility index (Phi) is 9.41. The summed E-state index contributed by atoms with van der Waals surface area (Å²) in [4.78, 5) is 24.5. The van der Waals surface area contributed by atoms with Gasteiger partial charge in [-0.2, -0.15) is 4.31 Å². The molecule has 0 aliphatic rings. The quantitative estimate of drug-likeness (QED) is 0.411. The van der Waals surface area contributed by atoms with Crippen molar-refractivity contribution < 1.29 is 22.7 Å². The Morgan fingerprint density at radius 1 is 1.00 bits per heavy atom. The van der Waals surface area contributed by atoms with Crippen molar-refractivity contribution in [1.82, 2.24) is 9.62 Å². The van der Waals surface area contributed by atoms with Crippen LogP contribution in [0.2, 0.25) is 0 Å². The summed E-state index contributed by atoms with van der Waals surface area (Å²) in [7, 11) is -3.69. The third-order valence-corrected chi connectivity index (χ3v) is 7.36. The zero-order valence-electron chi connectivity index (χ0n) is 19.2. The smallest absolute Gasteiger partial charge is 0.338 e. The van der Waals surface area contributed by atoms with E-state index < -0.39 is 16.0 Å². The van der Waals surface area contributed by atoms with E-state index in [9.17, 15) is 18.0 Å². The SMILES string of the molecule is CCN(CC)S(=O)(=O)c1cc(C(=O)OCCNC(=O)CCc2ccc(C)cc2)ccc1C. The fourth-order valence-electron chi connectivity index (χ4n) is 3.23. The molecule has 0 radical (unpaired) electrons. The Bertz CT molecular complexity index is 1030. The molecule has 0 fully saturated rings. The first-order chi connectivity index (χ1) is 15.2. The van der Waals surface area contributed by atoms with Gasteiger partial charge in [0.25, 0.3) is 0 Å². The summed E-state index contributed by atoms with van der Waals surface area (Å²) in [5, 5.41) is 2.73. The number of hydrogen-bond acceptors (Lipinski definition) is 5. The summed E-state index contributed by atoms with van der Waals surface area (Å²) in [5.41, 5.74) is 2.99. The van der Waals surface area contributed by atoms with Gasteiger partial charge in [-0.05, 0) is 43.5 Å². The van der Waals surface area contributed by atoms with Gasteiger partial charge in [0.05, 0.1) is 17.0 Å². The summed E-state index contributed by atoms with van der Waals surface area (Å²) < 4.78 is 32.2. The van der Waals surface area contributed by atoms with E-state index in [0.717, 1.165) is 5.56 Å². The number of carbonyl (C=O) groups is 2. The number of nitrogens with one attached hydrogen (secondary N) is 1. The van der Waals surface area contributed by atoms with Crippen molar-refractivity contribution in [2.24, 2.45) is 0 Å². The fourth-order valence-corrected chi connectivity index (χ4v) is 4.93. The van der Waals surface area contributed by atoms with Crippen LogP contribution in [-0.4, -0.2) is 50.8 Å². The Hall–Kier alpha value is -2.71. The molecular weight excluding hydrogens is 428 g/mol. The number of carbonyl (C=O) groups excluding carboxylic acids is 2. The number of benzene rings is 2. The molecule has 2 aromatic carbocycles. The Morgan fingerprint density at radius 2 is 1.66 bits per heavy atom. The fraction of sp³-hybridized carbons (Fsp3) is 0.417. The molecule has 174 valence electrons. The number of esters is 1. The van der Waals surface area contributed by atoms with Gasteiger partial charge in [-0.1, -0.05) is 49.7 Å². The van der Waals surface area contributed by atoms with Crippen LogP contribution in [0.1, 0.15) is 47.3 Å². The molecule has 0 unspecified atom stereocenters. The van der Waals surface area contributed by atoms with Crippen LogP contribution >= 0.6 is 0 Å². The molecule has 1 amide bonds. The molecular formula is C24H32N2O5S. The molecule has 8 heteroatoms. The maximum atomic E-state index is 12.8. The van der Waals surface area contributed by atoms with Crippen LogP contribution in [0.15, 0.2) is 47.4 Å². The third kappa shape index (κ3) is 6.90. The average Bonchev–Trinajstić information content (AvgIpc) is 2.77. The minimum absolute atomic E-state index is 0.00110. The summed E-state index contributed by atoms with van der Waals surface area (Å²) in [6.07, 6.45) is 0.987. The molecule has 1 N–H and O–H groups in total. The zero-order chi connectivity index (χ0) is 23.7. The van der Waals surface area contributed by atoms with E-state index in [-0.39, 0.29) is 29.5 Å². The molecule has 2 aromatic rings. The highest BCUT2D eigenvalue weighted by molar-refractivity contribution is 7.89. The van der Waals surface area contributed by atoms with Gasteiger partial charge in [0.15, 0.2) is 0 Å². The topological polar surface area (TPSA) is 92.8 Å². The van der Waals surface area contributed by atoms with Crippen LogP contribution in [0, 0.1) is 13.8 Å². The van der Waals surface area contributed by atoms with E-state index in [1.165, 1.54) is 15.9 Å². The molecule has 0 aliphatic heterocycles. The molecule has 0 saturated heterocycles. The van der Waals surface area contributed by atoms with Crippen molar-refractivity contribution in [2.75, 3.05) is 26.2 Å². The summed E-state index contributed by atoms with van der Waals surface area (Å²) >= 11 is 0. The van der Waals surface area contributed by atoms with E-state index >= 15 is 0 Å². The number of rotatable bonds is 11. The number of ether oxygens (including phenoxy) is 1. The van der Waals surface area contributed by atoms with Gasteiger partial charge in [-0.3, -0.25) is 4.79 Å². The van der Waals surface area contributed by atoms with E-state index in [1.54, 1.807) is 32.9 Å². The van der Waals surface area contributed by atoms with Crippen molar-refractivity contribution >= 4 is 21.9 Å². The van der Waals surface area contributed by atoms with Gasteiger partial charge in [-0.15, -0.1) is 0 Å².